The Balaban J connectivity index is 0.00000280. The number of nitrogens with one attached hydrogen (secondary N) is 1. The Bertz CT molecular complexity index is 1350. The third-order valence-corrected chi connectivity index (χ3v) is 8.00. The zero-order valence-corrected chi connectivity index (χ0v) is 23.3. The summed E-state index contributed by atoms with van der Waals surface area (Å²) in [5.74, 6) is 0.941. The fourth-order valence-corrected chi connectivity index (χ4v) is 5.99. The van der Waals surface area contributed by atoms with E-state index in [1.807, 2.05) is 6.20 Å². The predicted octanol–water partition coefficient (Wildman–Crippen LogP) is 7.79. The Kier molecular flexibility index (Phi) is 8.23. The van der Waals surface area contributed by atoms with Crippen molar-refractivity contribution in [3.63, 3.8) is 0 Å². The van der Waals surface area contributed by atoms with Gasteiger partial charge in [-0.25, -0.2) is 9.97 Å². The SMILES string of the molecule is Brc1cccc(C2Cc3cnc(Nc4ccc(CCN5CCCCC5)cc4)nc3-c3ccccc32)c1.Cl. The topological polar surface area (TPSA) is 41.1 Å². The Morgan fingerprint density at radius 2 is 1.73 bits per heavy atom. The molecular formula is C31H32BrClN4. The summed E-state index contributed by atoms with van der Waals surface area (Å²) < 4.78 is 1.11. The van der Waals surface area contributed by atoms with Crippen molar-refractivity contribution in [2.24, 2.45) is 0 Å². The minimum Gasteiger partial charge on any atom is -0.324 e. The number of likely N-dealkylation sites (tertiary alicyclic amines) is 1. The molecule has 37 heavy (non-hydrogen) atoms. The van der Waals surface area contributed by atoms with Crippen LogP contribution in [0, 0.1) is 0 Å². The van der Waals surface area contributed by atoms with Gasteiger partial charge in [0.15, 0.2) is 0 Å². The third kappa shape index (κ3) is 5.90. The highest BCUT2D eigenvalue weighted by Crippen LogP contribution is 2.42. The predicted molar refractivity (Wildman–Crippen MR) is 158 cm³/mol. The van der Waals surface area contributed by atoms with Crippen LogP contribution in [0.3, 0.4) is 0 Å². The van der Waals surface area contributed by atoms with E-state index in [2.05, 4.69) is 104 Å². The fourth-order valence-electron chi connectivity index (χ4n) is 5.57. The van der Waals surface area contributed by atoms with Crippen molar-refractivity contribution in [3.05, 3.63) is 106 Å². The first kappa shape index (κ1) is 25.9. The van der Waals surface area contributed by atoms with E-state index in [0.717, 1.165) is 35.2 Å². The van der Waals surface area contributed by atoms with Crippen molar-refractivity contribution >= 4 is 40.0 Å². The Morgan fingerprint density at radius 3 is 2.54 bits per heavy atom. The number of hydrogen-bond acceptors (Lipinski definition) is 4. The van der Waals surface area contributed by atoms with E-state index in [-0.39, 0.29) is 12.4 Å². The van der Waals surface area contributed by atoms with E-state index in [1.165, 1.54) is 60.2 Å². The van der Waals surface area contributed by atoms with Crippen LogP contribution >= 0.6 is 28.3 Å². The number of fused-ring (bicyclic) bond motifs is 3. The highest BCUT2D eigenvalue weighted by atomic mass is 79.9. The van der Waals surface area contributed by atoms with Crippen LogP contribution in [0.25, 0.3) is 11.3 Å². The summed E-state index contributed by atoms with van der Waals surface area (Å²) in [4.78, 5) is 12.3. The monoisotopic (exact) mass is 574 g/mol. The standard InChI is InChI=1S/C31H31BrN4.ClH/c32-25-8-6-7-23(19-25)29-20-24-21-33-31(35-30(24)28-10-3-2-9-27(28)29)34-26-13-11-22(12-14-26)15-18-36-16-4-1-5-17-36;/h2-3,6-14,19,21,29H,1,4-5,15-18,20H2,(H,33,34,35);1H. The number of piperidine rings is 1. The maximum Gasteiger partial charge on any atom is 0.227 e. The Hall–Kier alpha value is -2.73. The summed E-state index contributed by atoms with van der Waals surface area (Å²) in [6, 6.07) is 26.0. The maximum absolute atomic E-state index is 4.98. The van der Waals surface area contributed by atoms with Crippen molar-refractivity contribution in [2.45, 2.75) is 38.0 Å². The van der Waals surface area contributed by atoms with Gasteiger partial charge in [-0.05, 0) is 85.3 Å². The Labute approximate surface area is 234 Å². The number of benzene rings is 3. The van der Waals surface area contributed by atoms with Crippen molar-refractivity contribution in [1.29, 1.82) is 0 Å². The summed E-state index contributed by atoms with van der Waals surface area (Å²) in [6.07, 6.45) is 8.08. The van der Waals surface area contributed by atoms with E-state index in [1.54, 1.807) is 0 Å². The lowest BCUT2D eigenvalue weighted by atomic mass is 9.78. The van der Waals surface area contributed by atoms with Crippen LogP contribution in [-0.4, -0.2) is 34.5 Å². The van der Waals surface area contributed by atoms with E-state index in [4.69, 9.17) is 4.98 Å². The van der Waals surface area contributed by atoms with Crippen molar-refractivity contribution < 1.29 is 0 Å². The highest BCUT2D eigenvalue weighted by molar-refractivity contribution is 9.10. The molecule has 1 aliphatic heterocycles. The molecule has 1 N–H and O–H groups in total. The van der Waals surface area contributed by atoms with Crippen LogP contribution in [0.1, 0.15) is 47.4 Å². The molecule has 0 radical (unpaired) electrons. The number of halogens is 2. The molecule has 6 rings (SSSR count). The van der Waals surface area contributed by atoms with Gasteiger partial charge in [0.25, 0.3) is 0 Å². The summed E-state index contributed by atoms with van der Waals surface area (Å²) in [7, 11) is 0. The molecule has 1 aromatic heterocycles. The van der Waals surface area contributed by atoms with Gasteiger partial charge in [-0.2, -0.15) is 0 Å². The average Bonchev–Trinajstić information content (AvgIpc) is 2.93. The summed E-state index contributed by atoms with van der Waals surface area (Å²) >= 11 is 3.64. The first-order chi connectivity index (χ1) is 17.7. The average molecular weight is 576 g/mol. The third-order valence-electron chi connectivity index (χ3n) is 7.51. The molecule has 0 spiro atoms. The number of nitrogens with zero attached hydrogens (tertiary/aromatic N) is 3. The molecule has 190 valence electrons. The van der Waals surface area contributed by atoms with Crippen molar-refractivity contribution in [1.82, 2.24) is 14.9 Å². The molecule has 1 saturated heterocycles. The molecule has 3 aromatic carbocycles. The number of aromatic nitrogens is 2. The van der Waals surface area contributed by atoms with Gasteiger partial charge in [0.2, 0.25) is 5.95 Å². The minimum atomic E-state index is 0. The fraction of sp³-hybridized carbons (Fsp3) is 0.290. The van der Waals surface area contributed by atoms with Gasteiger partial charge in [0.1, 0.15) is 0 Å². The lowest BCUT2D eigenvalue weighted by molar-refractivity contribution is 0.231. The number of anilines is 2. The largest absolute Gasteiger partial charge is 0.324 e. The molecule has 1 fully saturated rings. The molecule has 6 heteroatoms. The van der Waals surface area contributed by atoms with Gasteiger partial charge in [0.05, 0.1) is 5.69 Å². The normalized spacial score (nSPS) is 16.8. The van der Waals surface area contributed by atoms with E-state index in [9.17, 15) is 0 Å². The molecule has 1 atom stereocenters. The molecule has 0 saturated carbocycles. The minimum absolute atomic E-state index is 0. The molecule has 0 amide bonds. The quantitative estimate of drug-likeness (QED) is 0.255. The first-order valence-corrected chi connectivity index (χ1v) is 13.8. The molecule has 2 aliphatic rings. The van der Waals surface area contributed by atoms with Gasteiger partial charge >= 0.3 is 0 Å². The van der Waals surface area contributed by atoms with Gasteiger partial charge in [0, 0.05) is 34.4 Å². The van der Waals surface area contributed by atoms with Crippen molar-refractivity contribution in [2.75, 3.05) is 25.0 Å². The smallest absolute Gasteiger partial charge is 0.227 e. The second kappa shape index (κ2) is 11.8. The number of rotatable bonds is 6. The van der Waals surface area contributed by atoms with Crippen LogP contribution in [-0.2, 0) is 12.8 Å². The summed E-state index contributed by atoms with van der Waals surface area (Å²) in [5, 5.41) is 3.43. The van der Waals surface area contributed by atoms with E-state index >= 15 is 0 Å². The molecule has 4 nitrogen and oxygen atoms in total. The number of hydrogen-bond donors (Lipinski definition) is 1. The van der Waals surface area contributed by atoms with Gasteiger partial charge < -0.3 is 10.2 Å². The molecule has 1 unspecified atom stereocenters. The maximum atomic E-state index is 4.98. The molecule has 2 heterocycles. The van der Waals surface area contributed by atoms with Gasteiger partial charge in [-0.3, -0.25) is 0 Å². The summed E-state index contributed by atoms with van der Waals surface area (Å²) in [6.45, 7) is 3.66. The molecule has 0 bridgehead atoms. The highest BCUT2D eigenvalue weighted by Gasteiger charge is 2.27. The second-order valence-corrected chi connectivity index (χ2v) is 10.9. The molecule has 4 aromatic rings. The molecule has 1 aliphatic carbocycles. The first-order valence-electron chi connectivity index (χ1n) is 13.0. The van der Waals surface area contributed by atoms with Crippen molar-refractivity contribution in [3.8, 4) is 11.3 Å². The summed E-state index contributed by atoms with van der Waals surface area (Å²) in [5.41, 5.74) is 8.46. The second-order valence-electron chi connectivity index (χ2n) is 9.94. The van der Waals surface area contributed by atoms with Gasteiger partial charge in [-0.1, -0.05) is 70.9 Å². The zero-order chi connectivity index (χ0) is 24.3. The van der Waals surface area contributed by atoms with Crippen LogP contribution in [0.2, 0.25) is 0 Å². The Morgan fingerprint density at radius 1 is 0.919 bits per heavy atom. The van der Waals surface area contributed by atoms with Crippen LogP contribution in [0.4, 0.5) is 11.6 Å². The van der Waals surface area contributed by atoms with Crippen LogP contribution < -0.4 is 5.32 Å². The lowest BCUT2D eigenvalue weighted by Gasteiger charge is -2.27. The van der Waals surface area contributed by atoms with E-state index in [0.29, 0.717) is 11.9 Å². The van der Waals surface area contributed by atoms with Gasteiger partial charge in [-0.15, -0.1) is 12.4 Å². The van der Waals surface area contributed by atoms with Crippen LogP contribution in [0.15, 0.2) is 83.5 Å². The van der Waals surface area contributed by atoms with Crippen LogP contribution in [0.5, 0.6) is 0 Å². The lowest BCUT2D eigenvalue weighted by Crippen LogP contribution is -2.31. The zero-order valence-electron chi connectivity index (χ0n) is 20.9. The van der Waals surface area contributed by atoms with E-state index < -0.39 is 0 Å². The molecular weight excluding hydrogens is 544 g/mol.